The average Bonchev–Trinajstić information content (AvgIpc) is 1.99. The molecule has 0 rings (SSSR count). The summed E-state index contributed by atoms with van der Waals surface area (Å²) in [5, 5.41) is 0. The molecule has 0 fully saturated rings. The molecule has 16 heavy (non-hydrogen) atoms. The highest BCUT2D eigenvalue weighted by atomic mass is 35.5. The Labute approximate surface area is 107 Å². The molecule has 0 heterocycles. The van der Waals surface area contributed by atoms with Gasteiger partial charge in [-0.15, -0.1) is 6.58 Å². The lowest BCUT2D eigenvalue weighted by Gasteiger charge is -2.28. The van der Waals surface area contributed by atoms with Gasteiger partial charge in [-0.3, -0.25) is 0 Å². The SMILES string of the molecule is C=CCC(C)(C)CN(Cl)CCO[Si](C)(C)C. The van der Waals surface area contributed by atoms with Gasteiger partial charge in [0, 0.05) is 19.7 Å². The smallest absolute Gasteiger partial charge is 0.183 e. The van der Waals surface area contributed by atoms with Crippen molar-refractivity contribution in [1.82, 2.24) is 4.42 Å². The summed E-state index contributed by atoms with van der Waals surface area (Å²) in [5.74, 6) is 0. The van der Waals surface area contributed by atoms with E-state index < -0.39 is 8.32 Å². The van der Waals surface area contributed by atoms with Gasteiger partial charge in [-0.25, -0.2) is 4.42 Å². The van der Waals surface area contributed by atoms with Crippen molar-refractivity contribution in [3.8, 4) is 0 Å². The molecule has 0 spiro atoms. The fourth-order valence-electron chi connectivity index (χ4n) is 1.45. The van der Waals surface area contributed by atoms with Gasteiger partial charge in [0.05, 0.1) is 0 Å². The topological polar surface area (TPSA) is 12.5 Å². The number of rotatable bonds is 8. The Bertz CT molecular complexity index is 214. The molecule has 0 aliphatic rings. The van der Waals surface area contributed by atoms with E-state index in [0.29, 0.717) is 0 Å². The summed E-state index contributed by atoms with van der Waals surface area (Å²) in [7, 11) is -1.40. The molecule has 0 N–H and O–H groups in total. The molecule has 0 unspecified atom stereocenters. The van der Waals surface area contributed by atoms with E-state index in [1.54, 1.807) is 0 Å². The van der Waals surface area contributed by atoms with Gasteiger partial charge in [0.25, 0.3) is 0 Å². The maximum absolute atomic E-state index is 6.16. The molecule has 0 aromatic carbocycles. The molecule has 0 aliphatic heterocycles. The van der Waals surface area contributed by atoms with Gasteiger partial charge in [-0.05, 0) is 43.3 Å². The molecule has 0 aromatic heterocycles. The van der Waals surface area contributed by atoms with Crippen LogP contribution in [-0.4, -0.2) is 32.4 Å². The molecule has 0 bridgehead atoms. The first-order chi connectivity index (χ1) is 7.16. The fraction of sp³-hybridized carbons (Fsp3) is 0.833. The van der Waals surface area contributed by atoms with Crippen LogP contribution in [0.25, 0.3) is 0 Å². The van der Waals surface area contributed by atoms with Gasteiger partial charge >= 0.3 is 0 Å². The maximum Gasteiger partial charge on any atom is 0.183 e. The Balaban J connectivity index is 3.82. The third-order valence-corrected chi connectivity index (χ3v) is 3.52. The summed E-state index contributed by atoms with van der Waals surface area (Å²) in [6.45, 7) is 17.1. The zero-order chi connectivity index (χ0) is 12.8. The molecule has 0 atom stereocenters. The largest absolute Gasteiger partial charge is 0.416 e. The Morgan fingerprint density at radius 3 is 2.38 bits per heavy atom. The standard InChI is InChI=1S/C12H26ClNOSi/c1-7-8-12(2,3)11-14(13)9-10-15-16(4,5)6/h7H,1,8-11H2,2-6H3. The highest BCUT2D eigenvalue weighted by Gasteiger charge is 2.20. The molecule has 96 valence electrons. The van der Waals surface area contributed by atoms with E-state index in [2.05, 4.69) is 40.1 Å². The zero-order valence-corrected chi connectivity index (χ0v) is 13.1. The number of hydrogen-bond acceptors (Lipinski definition) is 2. The first kappa shape index (κ1) is 16.2. The molecule has 0 saturated carbocycles. The van der Waals surface area contributed by atoms with E-state index in [1.165, 1.54) is 0 Å². The summed E-state index contributed by atoms with van der Waals surface area (Å²) in [6.07, 6.45) is 2.92. The Hall–Kier alpha value is 0.167. The van der Waals surface area contributed by atoms with Gasteiger partial charge in [0.15, 0.2) is 8.32 Å². The number of halogens is 1. The van der Waals surface area contributed by atoms with Crippen molar-refractivity contribution in [3.63, 3.8) is 0 Å². The number of allylic oxidation sites excluding steroid dienone is 1. The van der Waals surface area contributed by atoms with Crippen molar-refractivity contribution in [2.24, 2.45) is 5.41 Å². The van der Waals surface area contributed by atoms with Crippen molar-refractivity contribution >= 4 is 20.1 Å². The second kappa shape index (κ2) is 6.79. The maximum atomic E-state index is 6.16. The second-order valence-electron chi connectivity index (χ2n) is 5.96. The zero-order valence-electron chi connectivity index (χ0n) is 11.3. The van der Waals surface area contributed by atoms with E-state index in [4.69, 9.17) is 16.2 Å². The van der Waals surface area contributed by atoms with Crippen molar-refractivity contribution < 1.29 is 4.43 Å². The minimum atomic E-state index is -1.40. The summed E-state index contributed by atoms with van der Waals surface area (Å²) in [5.41, 5.74) is 0.183. The van der Waals surface area contributed by atoms with Crippen molar-refractivity contribution in [1.29, 1.82) is 0 Å². The second-order valence-corrected chi connectivity index (χ2v) is 11.0. The van der Waals surface area contributed by atoms with Crippen LogP contribution in [0.2, 0.25) is 19.6 Å². The molecule has 2 nitrogen and oxygen atoms in total. The number of hydrogen-bond donors (Lipinski definition) is 0. The van der Waals surface area contributed by atoms with Crippen LogP contribution < -0.4 is 0 Å². The Kier molecular flexibility index (Phi) is 6.86. The highest BCUT2D eigenvalue weighted by molar-refractivity contribution is 6.69. The van der Waals surface area contributed by atoms with Crippen LogP contribution in [0.5, 0.6) is 0 Å². The Morgan fingerprint density at radius 2 is 1.94 bits per heavy atom. The van der Waals surface area contributed by atoms with E-state index in [9.17, 15) is 0 Å². The van der Waals surface area contributed by atoms with Crippen LogP contribution in [0, 0.1) is 5.41 Å². The van der Waals surface area contributed by atoms with Crippen LogP contribution in [-0.2, 0) is 4.43 Å². The van der Waals surface area contributed by atoms with Gasteiger partial charge in [0.2, 0.25) is 0 Å². The minimum absolute atomic E-state index is 0.183. The van der Waals surface area contributed by atoms with E-state index >= 15 is 0 Å². The predicted molar refractivity (Wildman–Crippen MR) is 75.3 cm³/mol. The Morgan fingerprint density at radius 1 is 1.38 bits per heavy atom. The van der Waals surface area contributed by atoms with Gasteiger partial charge in [0.1, 0.15) is 0 Å². The summed E-state index contributed by atoms with van der Waals surface area (Å²) in [6, 6.07) is 0. The monoisotopic (exact) mass is 263 g/mol. The lowest BCUT2D eigenvalue weighted by Crippen LogP contribution is -2.33. The lowest BCUT2D eigenvalue weighted by molar-refractivity contribution is 0.224. The molecule has 0 saturated heterocycles. The minimum Gasteiger partial charge on any atom is -0.416 e. The van der Waals surface area contributed by atoms with E-state index in [0.717, 1.165) is 26.1 Å². The van der Waals surface area contributed by atoms with Crippen LogP contribution in [0.4, 0.5) is 0 Å². The van der Waals surface area contributed by atoms with Crippen molar-refractivity contribution in [2.45, 2.75) is 39.9 Å². The van der Waals surface area contributed by atoms with Crippen LogP contribution in [0.3, 0.4) is 0 Å². The first-order valence-electron chi connectivity index (χ1n) is 5.82. The summed E-state index contributed by atoms with van der Waals surface area (Å²) in [4.78, 5) is 0. The van der Waals surface area contributed by atoms with Gasteiger partial charge in [-0.1, -0.05) is 19.9 Å². The van der Waals surface area contributed by atoms with Crippen molar-refractivity contribution in [2.75, 3.05) is 19.7 Å². The van der Waals surface area contributed by atoms with Crippen LogP contribution in [0.15, 0.2) is 12.7 Å². The molecule has 0 aliphatic carbocycles. The first-order valence-corrected chi connectivity index (χ1v) is 9.56. The predicted octanol–water partition coefficient (Wildman–Crippen LogP) is 3.90. The van der Waals surface area contributed by atoms with E-state index in [-0.39, 0.29) is 5.41 Å². The third-order valence-electron chi connectivity index (χ3n) is 2.17. The van der Waals surface area contributed by atoms with Crippen LogP contribution >= 0.6 is 11.8 Å². The average molecular weight is 264 g/mol. The molecule has 0 aromatic rings. The molecular weight excluding hydrogens is 238 g/mol. The molecule has 0 amide bonds. The van der Waals surface area contributed by atoms with Crippen LogP contribution in [0.1, 0.15) is 20.3 Å². The summed E-state index contributed by atoms with van der Waals surface area (Å²) >= 11 is 6.16. The molecular formula is C12H26ClNOSi. The van der Waals surface area contributed by atoms with E-state index in [1.807, 2.05) is 10.5 Å². The highest BCUT2D eigenvalue weighted by Crippen LogP contribution is 2.22. The summed E-state index contributed by atoms with van der Waals surface area (Å²) < 4.78 is 7.59. The molecule has 4 heteroatoms. The van der Waals surface area contributed by atoms with Crippen molar-refractivity contribution in [3.05, 3.63) is 12.7 Å². The lowest BCUT2D eigenvalue weighted by atomic mass is 9.89. The van der Waals surface area contributed by atoms with Gasteiger partial charge < -0.3 is 4.43 Å². The fourth-order valence-corrected chi connectivity index (χ4v) is 2.55. The molecule has 0 radical (unpaired) electrons. The quantitative estimate of drug-likeness (QED) is 0.374. The normalized spacial score (nSPS) is 13.2. The number of nitrogens with zero attached hydrogens (tertiary/aromatic N) is 1. The third kappa shape index (κ3) is 9.40. The van der Waals surface area contributed by atoms with Gasteiger partial charge in [-0.2, -0.15) is 0 Å².